The van der Waals surface area contributed by atoms with Crippen molar-refractivity contribution in [1.82, 2.24) is 0 Å². The van der Waals surface area contributed by atoms with Gasteiger partial charge in [-0.1, -0.05) is 20.8 Å². The van der Waals surface area contributed by atoms with Gasteiger partial charge in [0.15, 0.2) is 5.79 Å². The van der Waals surface area contributed by atoms with Gasteiger partial charge in [0.05, 0.1) is 5.60 Å². The Morgan fingerprint density at radius 1 is 1.10 bits per heavy atom. The molecule has 3 aliphatic carbocycles. The summed E-state index contributed by atoms with van der Waals surface area (Å²) in [5, 5.41) is 21.6. The molecule has 0 amide bonds. The smallest absolute Gasteiger partial charge is 0.196 e. The van der Waals surface area contributed by atoms with Crippen LogP contribution in [0, 0.1) is 22.7 Å². The molecule has 0 aromatic carbocycles. The predicted molar refractivity (Wildman–Crippen MR) is 74.0 cm³/mol. The fraction of sp³-hybridized carbons (Fsp3) is 1.00. The summed E-state index contributed by atoms with van der Waals surface area (Å²) in [7, 11) is 0. The van der Waals surface area contributed by atoms with Crippen LogP contribution in [0.1, 0.15) is 53.4 Å². The molecule has 126 valence electrons. The van der Waals surface area contributed by atoms with E-state index in [9.17, 15) is 10.2 Å². The molecule has 2 heterocycles. The van der Waals surface area contributed by atoms with Crippen LogP contribution in [0.4, 0.5) is 0 Å². The normalized spacial score (nSPS) is 58.0. The Balaban J connectivity index is 0.000000735. The second kappa shape index (κ2) is 4.49. The molecule has 5 nitrogen and oxygen atoms in total. The van der Waals surface area contributed by atoms with Gasteiger partial charge in [-0.25, -0.2) is 0 Å². The quantitative estimate of drug-likeness (QED) is 0.585. The fourth-order valence-electron chi connectivity index (χ4n) is 6.45. The maximum absolute atomic E-state index is 10.8. The van der Waals surface area contributed by atoms with E-state index in [0.717, 1.165) is 12.8 Å². The van der Waals surface area contributed by atoms with Crippen molar-refractivity contribution in [3.05, 3.63) is 0 Å². The average Bonchev–Trinajstić information content (AvgIpc) is 2.70. The standard InChI is InChI=1S/C15H24O3.2H2O.Ru/c1-9-5-6-14-11(2,3)10-7-13(9,14)8-15(17,18-14)12(10,4)16;;;/h9-10,16-17H,5-8H2,1-4H3;2*1H2;/t9-,10?,12?,13-,14-,15?;;;/m1.../s1. The predicted octanol–water partition coefficient (Wildman–Crippen LogP) is 0.409. The van der Waals surface area contributed by atoms with Crippen molar-refractivity contribution in [1.29, 1.82) is 0 Å². The number of hydrogen-bond acceptors (Lipinski definition) is 3. The largest absolute Gasteiger partial charge is 0.412 e. The van der Waals surface area contributed by atoms with E-state index in [0.29, 0.717) is 12.3 Å². The minimum atomic E-state index is -1.32. The maximum atomic E-state index is 10.8. The molecule has 0 aromatic rings. The van der Waals surface area contributed by atoms with E-state index in [4.69, 9.17) is 4.74 Å². The fourth-order valence-corrected chi connectivity index (χ4v) is 6.45. The van der Waals surface area contributed by atoms with Crippen molar-refractivity contribution in [2.24, 2.45) is 22.7 Å². The van der Waals surface area contributed by atoms with Crippen LogP contribution in [0.2, 0.25) is 0 Å². The van der Waals surface area contributed by atoms with E-state index in [1.807, 2.05) is 0 Å². The first-order valence-corrected chi connectivity index (χ1v) is 7.28. The summed E-state index contributed by atoms with van der Waals surface area (Å²) in [6.45, 7) is 8.54. The number of aliphatic hydroxyl groups is 2. The second-order valence-corrected chi connectivity index (χ2v) is 8.11. The molecule has 5 aliphatic rings. The first kappa shape index (κ1) is 19.5. The third kappa shape index (κ3) is 1.48. The minimum Gasteiger partial charge on any atom is -0.412 e. The monoisotopic (exact) mass is 390 g/mol. The van der Waals surface area contributed by atoms with Gasteiger partial charge >= 0.3 is 0 Å². The molecule has 5 fully saturated rings. The molecule has 2 saturated heterocycles. The summed E-state index contributed by atoms with van der Waals surface area (Å²) in [5.41, 5.74) is -1.28. The Kier molecular flexibility index (Phi) is 4.16. The van der Waals surface area contributed by atoms with Crippen LogP contribution in [-0.2, 0) is 24.2 Å². The van der Waals surface area contributed by atoms with Gasteiger partial charge in [0.2, 0.25) is 0 Å². The summed E-state index contributed by atoms with van der Waals surface area (Å²) in [6, 6.07) is 0. The zero-order valence-corrected chi connectivity index (χ0v) is 14.9. The second-order valence-electron chi connectivity index (χ2n) is 8.11. The molecular weight excluding hydrogens is 361 g/mol. The average molecular weight is 389 g/mol. The molecule has 6 N–H and O–H groups in total. The summed E-state index contributed by atoms with van der Waals surface area (Å²) < 4.78 is 6.25. The Labute approximate surface area is 138 Å². The van der Waals surface area contributed by atoms with Gasteiger partial charge in [0, 0.05) is 42.6 Å². The van der Waals surface area contributed by atoms with Gasteiger partial charge in [0.1, 0.15) is 5.60 Å². The van der Waals surface area contributed by atoms with Gasteiger partial charge in [0.25, 0.3) is 0 Å². The van der Waals surface area contributed by atoms with Crippen LogP contribution in [0.3, 0.4) is 0 Å². The Morgan fingerprint density at radius 2 is 1.67 bits per heavy atom. The summed E-state index contributed by atoms with van der Waals surface area (Å²) in [5.74, 6) is -0.590. The van der Waals surface area contributed by atoms with Gasteiger partial charge in [-0.05, 0) is 32.1 Å². The van der Waals surface area contributed by atoms with Crippen LogP contribution < -0.4 is 0 Å². The SMILES string of the molecule is C[C@@H]1CC[C@]23OC4(O)C[C@]12CC(C4(C)O)C3(C)C.O.O.[Ru]. The molecule has 6 atom stereocenters. The van der Waals surface area contributed by atoms with Crippen molar-refractivity contribution in [3.8, 4) is 0 Å². The first-order chi connectivity index (χ1) is 8.13. The van der Waals surface area contributed by atoms with Gasteiger partial charge in [-0.3, -0.25) is 0 Å². The number of hydrogen-bond donors (Lipinski definition) is 2. The van der Waals surface area contributed by atoms with Gasteiger partial charge in [-0.2, -0.15) is 0 Å². The van der Waals surface area contributed by atoms with Crippen LogP contribution in [0.25, 0.3) is 0 Å². The zero-order valence-electron chi connectivity index (χ0n) is 13.1. The van der Waals surface area contributed by atoms with E-state index in [-0.39, 0.29) is 52.8 Å². The third-order valence-electron chi connectivity index (χ3n) is 7.52. The summed E-state index contributed by atoms with van der Waals surface area (Å²) in [4.78, 5) is 0. The van der Waals surface area contributed by atoms with Crippen LogP contribution in [-0.4, -0.2) is 38.2 Å². The van der Waals surface area contributed by atoms with Crippen molar-refractivity contribution in [2.45, 2.75) is 70.4 Å². The van der Waals surface area contributed by atoms with Crippen molar-refractivity contribution in [2.75, 3.05) is 0 Å². The van der Waals surface area contributed by atoms with Crippen molar-refractivity contribution >= 4 is 0 Å². The first-order valence-electron chi connectivity index (χ1n) is 7.28. The van der Waals surface area contributed by atoms with E-state index in [1.54, 1.807) is 6.92 Å². The molecule has 3 saturated carbocycles. The number of ether oxygens (including phenoxy) is 1. The molecule has 4 bridgehead atoms. The zero-order chi connectivity index (χ0) is 13.2. The Hall–Kier alpha value is 0.423. The molecule has 2 spiro atoms. The molecule has 3 unspecified atom stereocenters. The summed E-state index contributed by atoms with van der Waals surface area (Å²) in [6.07, 6.45) is 3.86. The molecule has 5 rings (SSSR count). The van der Waals surface area contributed by atoms with E-state index >= 15 is 0 Å². The molecule has 0 aromatic heterocycles. The minimum absolute atomic E-state index is 0. The van der Waals surface area contributed by atoms with E-state index in [2.05, 4.69) is 20.8 Å². The third-order valence-corrected chi connectivity index (χ3v) is 7.52. The van der Waals surface area contributed by atoms with Gasteiger partial charge < -0.3 is 25.9 Å². The Morgan fingerprint density at radius 3 is 2.19 bits per heavy atom. The molecular formula is C15H28O5Ru. The van der Waals surface area contributed by atoms with Crippen LogP contribution >= 0.6 is 0 Å². The van der Waals surface area contributed by atoms with Crippen molar-refractivity contribution < 1.29 is 45.4 Å². The molecule has 21 heavy (non-hydrogen) atoms. The van der Waals surface area contributed by atoms with E-state index in [1.165, 1.54) is 6.42 Å². The molecule has 2 aliphatic heterocycles. The van der Waals surface area contributed by atoms with E-state index < -0.39 is 11.4 Å². The summed E-state index contributed by atoms with van der Waals surface area (Å²) >= 11 is 0. The van der Waals surface area contributed by atoms with Gasteiger partial charge in [-0.15, -0.1) is 0 Å². The molecule has 0 radical (unpaired) electrons. The number of rotatable bonds is 0. The topological polar surface area (TPSA) is 113 Å². The Bertz CT molecular complexity index is 453. The van der Waals surface area contributed by atoms with Crippen LogP contribution in [0.15, 0.2) is 0 Å². The van der Waals surface area contributed by atoms with Crippen LogP contribution in [0.5, 0.6) is 0 Å². The molecule has 6 heteroatoms. The van der Waals surface area contributed by atoms with Crippen molar-refractivity contribution in [3.63, 3.8) is 0 Å². The maximum Gasteiger partial charge on any atom is 0.196 e.